The first kappa shape index (κ1) is 18.7. The third kappa shape index (κ3) is 4.61. The van der Waals surface area contributed by atoms with E-state index in [-0.39, 0.29) is 24.0 Å². The summed E-state index contributed by atoms with van der Waals surface area (Å²) in [5, 5.41) is 3.14. The van der Waals surface area contributed by atoms with Crippen molar-refractivity contribution in [2.75, 3.05) is 39.3 Å². The number of rotatable bonds is 5. The van der Waals surface area contributed by atoms with Crippen LogP contribution in [0.5, 0.6) is 0 Å². The molecule has 5 nitrogen and oxygen atoms in total. The highest BCUT2D eigenvalue weighted by atomic mass is 19.1. The predicted molar refractivity (Wildman–Crippen MR) is 102 cm³/mol. The first-order valence-electron chi connectivity index (χ1n) is 10.4. The van der Waals surface area contributed by atoms with Crippen LogP contribution in [0.15, 0.2) is 18.2 Å². The molecule has 2 aliphatic heterocycles. The molecule has 3 aliphatic rings. The molecule has 0 aromatic heterocycles. The Morgan fingerprint density at radius 1 is 1.15 bits per heavy atom. The van der Waals surface area contributed by atoms with Crippen molar-refractivity contribution in [1.82, 2.24) is 15.1 Å². The molecule has 2 heterocycles. The Hall–Kier alpha value is -1.66. The number of nitrogens with zero attached hydrogens (tertiary/aromatic N) is 2. The summed E-state index contributed by atoms with van der Waals surface area (Å²) in [5.74, 6) is -0.201. The van der Waals surface area contributed by atoms with Crippen molar-refractivity contribution in [3.05, 3.63) is 35.1 Å². The summed E-state index contributed by atoms with van der Waals surface area (Å²) in [6, 6.07) is 4.87. The molecule has 0 radical (unpaired) electrons. The summed E-state index contributed by atoms with van der Waals surface area (Å²) in [5.41, 5.74) is 2.08. The summed E-state index contributed by atoms with van der Waals surface area (Å²) < 4.78 is 19.4. The molecule has 1 aromatic rings. The number of amides is 2. The number of hydrogen-bond acceptors (Lipinski definition) is 3. The number of urea groups is 1. The average Bonchev–Trinajstić information content (AvgIpc) is 3.32. The average molecular weight is 375 g/mol. The molecule has 1 unspecified atom stereocenters. The first-order chi connectivity index (χ1) is 13.2. The van der Waals surface area contributed by atoms with Crippen LogP contribution in [0.4, 0.5) is 9.18 Å². The van der Waals surface area contributed by atoms with Gasteiger partial charge in [-0.1, -0.05) is 6.07 Å². The van der Waals surface area contributed by atoms with Crippen molar-refractivity contribution < 1.29 is 13.9 Å². The van der Waals surface area contributed by atoms with Gasteiger partial charge in [0.05, 0.1) is 18.8 Å². The van der Waals surface area contributed by atoms with Gasteiger partial charge in [0.15, 0.2) is 0 Å². The Labute approximate surface area is 160 Å². The molecule has 2 fully saturated rings. The van der Waals surface area contributed by atoms with Gasteiger partial charge < -0.3 is 19.9 Å². The molecule has 2 saturated heterocycles. The molecule has 148 valence electrons. The molecule has 4 rings (SSSR count). The number of carbonyl (C=O) groups excluding carboxylic acids is 1. The number of nitrogens with one attached hydrogen (secondary N) is 1. The van der Waals surface area contributed by atoms with E-state index in [1.165, 1.54) is 32.0 Å². The smallest absolute Gasteiger partial charge is 0.317 e. The van der Waals surface area contributed by atoms with E-state index < -0.39 is 0 Å². The highest BCUT2D eigenvalue weighted by Crippen LogP contribution is 2.31. The Morgan fingerprint density at radius 3 is 2.70 bits per heavy atom. The summed E-state index contributed by atoms with van der Waals surface area (Å²) in [6.45, 7) is 5.72. The van der Waals surface area contributed by atoms with E-state index in [1.807, 2.05) is 11.0 Å². The monoisotopic (exact) mass is 375 g/mol. The summed E-state index contributed by atoms with van der Waals surface area (Å²) in [6.07, 6.45) is 6.37. The number of aryl methyl sites for hydroxylation is 1. The second-order valence-corrected chi connectivity index (χ2v) is 7.99. The number of halogens is 1. The van der Waals surface area contributed by atoms with Crippen molar-refractivity contribution >= 4 is 6.03 Å². The van der Waals surface area contributed by atoms with E-state index in [1.54, 1.807) is 6.07 Å². The van der Waals surface area contributed by atoms with Gasteiger partial charge in [-0.25, -0.2) is 9.18 Å². The Kier molecular flexibility index (Phi) is 5.93. The van der Waals surface area contributed by atoms with E-state index in [9.17, 15) is 9.18 Å². The maximum absolute atomic E-state index is 13.3. The number of carbonyl (C=O) groups is 1. The molecular formula is C21H30FN3O2. The van der Waals surface area contributed by atoms with E-state index in [0.717, 1.165) is 63.1 Å². The lowest BCUT2D eigenvalue weighted by Gasteiger charge is -2.33. The van der Waals surface area contributed by atoms with Gasteiger partial charge in [-0.2, -0.15) is 0 Å². The van der Waals surface area contributed by atoms with Gasteiger partial charge in [0.25, 0.3) is 0 Å². The Bertz CT molecular complexity index is 655. The second-order valence-electron chi connectivity index (χ2n) is 7.99. The van der Waals surface area contributed by atoms with Gasteiger partial charge in [-0.15, -0.1) is 0 Å². The fraction of sp³-hybridized carbons (Fsp3) is 0.667. The minimum absolute atomic E-state index is 0.00235. The normalized spacial score (nSPS) is 23.6. The Morgan fingerprint density at radius 2 is 1.93 bits per heavy atom. The molecular weight excluding hydrogens is 345 g/mol. The molecule has 6 heteroatoms. The molecule has 1 aliphatic carbocycles. The lowest BCUT2D eigenvalue weighted by Crippen LogP contribution is -2.46. The zero-order chi connectivity index (χ0) is 18.6. The van der Waals surface area contributed by atoms with Crippen LogP contribution < -0.4 is 5.32 Å². The Balaban J connectivity index is 1.19. The van der Waals surface area contributed by atoms with Crippen LogP contribution >= 0.6 is 0 Å². The number of hydrogen-bond donors (Lipinski definition) is 1. The number of fused-ring (bicyclic) bond motifs is 1. The summed E-state index contributed by atoms with van der Waals surface area (Å²) in [7, 11) is 0. The highest BCUT2D eigenvalue weighted by Gasteiger charge is 2.28. The van der Waals surface area contributed by atoms with Crippen molar-refractivity contribution in [3.8, 4) is 0 Å². The highest BCUT2D eigenvalue weighted by molar-refractivity contribution is 5.75. The van der Waals surface area contributed by atoms with Crippen molar-refractivity contribution in [3.63, 3.8) is 0 Å². The van der Waals surface area contributed by atoms with Crippen molar-refractivity contribution in [2.45, 2.75) is 50.7 Å². The lowest BCUT2D eigenvalue weighted by atomic mass is 10.1. The molecule has 0 bridgehead atoms. The fourth-order valence-corrected chi connectivity index (χ4v) is 4.56. The summed E-state index contributed by atoms with van der Waals surface area (Å²) >= 11 is 0. The second kappa shape index (κ2) is 8.57. The number of ether oxygens (including phenoxy) is 1. The number of piperidine rings is 1. The standard InChI is InChI=1S/C21H30FN3O2/c22-17-4-5-19-16(15-17)3-6-20(19)23-21(26)25-11-7-18(8-12-25)27-14-13-24-9-1-2-10-24/h4-5,15,18,20H,1-3,6-14H2,(H,23,26). The topological polar surface area (TPSA) is 44.8 Å². The van der Waals surface area contributed by atoms with Crippen LogP contribution in [-0.2, 0) is 11.2 Å². The van der Waals surface area contributed by atoms with Gasteiger partial charge in [0.1, 0.15) is 5.82 Å². The molecule has 0 spiro atoms. The molecule has 1 N–H and O–H groups in total. The van der Waals surface area contributed by atoms with Gasteiger partial charge in [0, 0.05) is 19.6 Å². The largest absolute Gasteiger partial charge is 0.377 e. The van der Waals surface area contributed by atoms with Gasteiger partial charge >= 0.3 is 6.03 Å². The third-order valence-corrected chi connectivity index (χ3v) is 6.17. The minimum Gasteiger partial charge on any atom is -0.377 e. The number of benzene rings is 1. The lowest BCUT2D eigenvalue weighted by molar-refractivity contribution is 0.00678. The molecule has 1 atom stereocenters. The molecule has 0 saturated carbocycles. The first-order valence-corrected chi connectivity index (χ1v) is 10.4. The van der Waals surface area contributed by atoms with E-state index in [4.69, 9.17) is 4.74 Å². The van der Waals surface area contributed by atoms with E-state index in [2.05, 4.69) is 10.2 Å². The maximum atomic E-state index is 13.3. The van der Waals surface area contributed by atoms with Gasteiger partial charge in [-0.3, -0.25) is 0 Å². The predicted octanol–water partition coefficient (Wildman–Crippen LogP) is 3.10. The van der Waals surface area contributed by atoms with Crippen LogP contribution in [0.2, 0.25) is 0 Å². The maximum Gasteiger partial charge on any atom is 0.317 e. The molecule has 27 heavy (non-hydrogen) atoms. The summed E-state index contributed by atoms with van der Waals surface area (Å²) in [4.78, 5) is 17.0. The van der Waals surface area contributed by atoms with Crippen LogP contribution in [-0.4, -0.2) is 61.3 Å². The zero-order valence-electron chi connectivity index (χ0n) is 16.0. The SMILES string of the molecule is O=C(NC1CCc2cc(F)ccc21)N1CCC(OCCN2CCCC2)CC1. The van der Waals surface area contributed by atoms with E-state index >= 15 is 0 Å². The van der Waals surface area contributed by atoms with E-state index in [0.29, 0.717) is 0 Å². The molecule has 1 aromatic carbocycles. The van der Waals surface area contributed by atoms with Crippen molar-refractivity contribution in [1.29, 1.82) is 0 Å². The van der Waals surface area contributed by atoms with Crippen LogP contribution in [0.1, 0.15) is 49.3 Å². The van der Waals surface area contributed by atoms with Crippen molar-refractivity contribution in [2.24, 2.45) is 0 Å². The van der Waals surface area contributed by atoms with Crippen LogP contribution in [0.25, 0.3) is 0 Å². The zero-order valence-corrected chi connectivity index (χ0v) is 16.0. The van der Waals surface area contributed by atoms with Gasteiger partial charge in [-0.05, 0) is 74.9 Å². The quantitative estimate of drug-likeness (QED) is 0.860. The van der Waals surface area contributed by atoms with Crippen LogP contribution in [0, 0.1) is 5.82 Å². The molecule has 2 amide bonds. The number of likely N-dealkylation sites (tertiary alicyclic amines) is 2. The van der Waals surface area contributed by atoms with Gasteiger partial charge in [0.2, 0.25) is 0 Å². The fourth-order valence-electron chi connectivity index (χ4n) is 4.56. The van der Waals surface area contributed by atoms with Crippen LogP contribution in [0.3, 0.4) is 0 Å². The third-order valence-electron chi connectivity index (χ3n) is 6.17. The minimum atomic E-state index is -0.201.